The number of thioether (sulfide) groups is 1. The maximum atomic E-state index is 12.7. The van der Waals surface area contributed by atoms with Gasteiger partial charge in [0.05, 0.1) is 6.04 Å². The maximum Gasteiger partial charge on any atom is 0.326 e. The summed E-state index contributed by atoms with van der Waals surface area (Å²) >= 11 is 5.62. The Labute approximate surface area is 188 Å². The lowest BCUT2D eigenvalue weighted by atomic mass is 9.99. The fraction of sp³-hybridized carbons (Fsp3) is 0.789. The molecule has 0 aromatic carbocycles. The number of thiol groups is 1. The van der Waals surface area contributed by atoms with Crippen LogP contribution in [0.25, 0.3) is 0 Å². The van der Waals surface area contributed by atoms with E-state index < -0.39 is 47.9 Å². The van der Waals surface area contributed by atoms with Crippen LogP contribution in [0.4, 0.5) is 0 Å². The number of nitrogens with two attached hydrogens (primary N) is 1. The highest BCUT2D eigenvalue weighted by Crippen LogP contribution is 2.08. The van der Waals surface area contributed by atoms with Crippen molar-refractivity contribution in [3.8, 4) is 0 Å². The average Bonchev–Trinajstić information content (AvgIpc) is 2.70. The Morgan fingerprint density at radius 3 is 1.97 bits per heavy atom. The average molecular weight is 465 g/mol. The second kappa shape index (κ2) is 14.5. The monoisotopic (exact) mass is 464 g/mol. The van der Waals surface area contributed by atoms with Gasteiger partial charge in [0.1, 0.15) is 18.1 Å². The second-order valence-electron chi connectivity index (χ2n) is 7.57. The van der Waals surface area contributed by atoms with Crippen LogP contribution in [0.15, 0.2) is 0 Å². The molecule has 3 amide bonds. The molecule has 0 aromatic heterocycles. The van der Waals surface area contributed by atoms with Crippen molar-refractivity contribution in [3.63, 3.8) is 0 Å². The SMILES string of the molecule is CCC(C)C(N)C(=O)NC(CS)C(=O)NC(CCSC)C(=O)NC(C(=O)O)C(C)C. The summed E-state index contributed by atoms with van der Waals surface area (Å²) in [6.45, 7) is 7.12. The minimum absolute atomic E-state index is 0.0193. The zero-order chi connectivity index (χ0) is 23.4. The summed E-state index contributed by atoms with van der Waals surface area (Å²) in [4.78, 5) is 49.0. The topological polar surface area (TPSA) is 151 Å². The van der Waals surface area contributed by atoms with Crippen LogP contribution in [0.5, 0.6) is 0 Å². The normalized spacial score (nSPS) is 16.1. The van der Waals surface area contributed by atoms with Crippen molar-refractivity contribution < 1.29 is 24.3 Å². The first-order chi connectivity index (χ1) is 14.0. The number of rotatable bonds is 14. The molecule has 0 aliphatic carbocycles. The van der Waals surface area contributed by atoms with Gasteiger partial charge in [0.2, 0.25) is 17.7 Å². The predicted octanol–water partition coefficient (Wildman–Crippen LogP) is 0.238. The highest BCUT2D eigenvalue weighted by molar-refractivity contribution is 7.98. The van der Waals surface area contributed by atoms with Gasteiger partial charge < -0.3 is 26.8 Å². The van der Waals surface area contributed by atoms with Gasteiger partial charge in [-0.25, -0.2) is 4.79 Å². The molecule has 0 aliphatic rings. The third-order valence-corrected chi connectivity index (χ3v) is 5.86. The van der Waals surface area contributed by atoms with Crippen molar-refractivity contribution in [1.29, 1.82) is 0 Å². The van der Waals surface area contributed by atoms with Crippen LogP contribution in [-0.4, -0.2) is 70.7 Å². The molecule has 0 rings (SSSR count). The van der Waals surface area contributed by atoms with E-state index in [0.29, 0.717) is 18.6 Å². The Hall–Kier alpha value is -1.46. The lowest BCUT2D eigenvalue weighted by Crippen LogP contribution is -2.58. The molecule has 0 fully saturated rings. The number of hydrogen-bond acceptors (Lipinski definition) is 7. The maximum absolute atomic E-state index is 12.7. The smallest absolute Gasteiger partial charge is 0.326 e. The summed E-state index contributed by atoms with van der Waals surface area (Å²) in [6.07, 6.45) is 2.88. The fourth-order valence-electron chi connectivity index (χ4n) is 2.52. The van der Waals surface area contributed by atoms with Crippen LogP contribution in [0.3, 0.4) is 0 Å². The molecule has 30 heavy (non-hydrogen) atoms. The van der Waals surface area contributed by atoms with E-state index in [9.17, 15) is 24.3 Å². The van der Waals surface area contributed by atoms with Gasteiger partial charge in [-0.3, -0.25) is 14.4 Å². The van der Waals surface area contributed by atoms with Gasteiger partial charge in [-0.2, -0.15) is 24.4 Å². The molecule has 174 valence electrons. The van der Waals surface area contributed by atoms with E-state index in [1.807, 2.05) is 20.1 Å². The summed E-state index contributed by atoms with van der Waals surface area (Å²) in [7, 11) is 0. The lowest BCUT2D eigenvalue weighted by Gasteiger charge is -2.26. The van der Waals surface area contributed by atoms with E-state index in [-0.39, 0.29) is 17.6 Å². The van der Waals surface area contributed by atoms with Gasteiger partial charge in [-0.05, 0) is 30.3 Å². The van der Waals surface area contributed by atoms with Gasteiger partial charge in [-0.15, -0.1) is 0 Å². The molecule has 0 radical (unpaired) electrons. The molecule has 0 spiro atoms. The van der Waals surface area contributed by atoms with Crippen LogP contribution in [0, 0.1) is 11.8 Å². The minimum Gasteiger partial charge on any atom is -0.480 e. The zero-order valence-electron chi connectivity index (χ0n) is 18.3. The third kappa shape index (κ3) is 9.57. The largest absolute Gasteiger partial charge is 0.480 e. The molecule has 9 nitrogen and oxygen atoms in total. The highest BCUT2D eigenvalue weighted by atomic mass is 32.2. The number of nitrogens with one attached hydrogen (secondary N) is 3. The van der Waals surface area contributed by atoms with Crippen LogP contribution in [-0.2, 0) is 19.2 Å². The summed E-state index contributed by atoms with van der Waals surface area (Å²) in [5.41, 5.74) is 5.91. The first-order valence-electron chi connectivity index (χ1n) is 9.99. The lowest BCUT2D eigenvalue weighted by molar-refractivity contribution is -0.143. The van der Waals surface area contributed by atoms with Crippen LogP contribution in [0.1, 0.15) is 40.5 Å². The standard InChI is InChI=1S/C19H36N4O5S2/c1-6-11(4)14(20)18(26)22-13(9-29)17(25)21-12(7-8-30-5)16(24)23-15(10(2)3)19(27)28/h10-15,29H,6-9,20H2,1-5H3,(H,21,25)(H,22,26)(H,23,24)(H,27,28). The van der Waals surface area contributed by atoms with Crippen molar-refractivity contribution in [1.82, 2.24) is 16.0 Å². The van der Waals surface area contributed by atoms with Crippen molar-refractivity contribution in [2.45, 2.75) is 64.7 Å². The summed E-state index contributed by atoms with van der Waals surface area (Å²) in [5, 5.41) is 17.0. The molecule has 5 unspecified atom stereocenters. The van der Waals surface area contributed by atoms with Gasteiger partial charge >= 0.3 is 5.97 Å². The number of hydrogen-bond donors (Lipinski definition) is 6. The Balaban J connectivity index is 5.23. The van der Waals surface area contributed by atoms with E-state index in [0.717, 1.165) is 0 Å². The summed E-state index contributed by atoms with van der Waals surface area (Å²) < 4.78 is 0. The molecule has 5 atom stereocenters. The summed E-state index contributed by atoms with van der Waals surface area (Å²) in [6, 6.07) is -3.74. The van der Waals surface area contributed by atoms with E-state index in [4.69, 9.17) is 5.73 Å². The zero-order valence-corrected chi connectivity index (χ0v) is 20.0. The van der Waals surface area contributed by atoms with Crippen LogP contribution < -0.4 is 21.7 Å². The number of aliphatic carboxylic acids is 1. The van der Waals surface area contributed by atoms with Crippen LogP contribution in [0.2, 0.25) is 0 Å². The molecule has 11 heteroatoms. The minimum atomic E-state index is -1.15. The van der Waals surface area contributed by atoms with E-state index in [2.05, 4.69) is 28.6 Å². The predicted molar refractivity (Wildman–Crippen MR) is 123 cm³/mol. The molecule has 6 N–H and O–H groups in total. The van der Waals surface area contributed by atoms with E-state index in [1.165, 1.54) is 11.8 Å². The molecule has 0 saturated heterocycles. The number of carbonyl (C=O) groups is 4. The van der Waals surface area contributed by atoms with E-state index in [1.54, 1.807) is 13.8 Å². The Bertz CT molecular complexity index is 591. The fourth-order valence-corrected chi connectivity index (χ4v) is 3.25. The summed E-state index contributed by atoms with van der Waals surface area (Å²) in [5.74, 6) is -2.55. The first kappa shape index (κ1) is 28.5. The van der Waals surface area contributed by atoms with Crippen molar-refractivity contribution in [2.24, 2.45) is 17.6 Å². The Kier molecular flexibility index (Phi) is 13.8. The molecule has 0 saturated carbocycles. The van der Waals surface area contributed by atoms with E-state index >= 15 is 0 Å². The van der Waals surface area contributed by atoms with Crippen molar-refractivity contribution >= 4 is 48.1 Å². The molecular weight excluding hydrogens is 428 g/mol. The number of amides is 3. The highest BCUT2D eigenvalue weighted by Gasteiger charge is 2.31. The Morgan fingerprint density at radius 1 is 1.00 bits per heavy atom. The number of carbonyl (C=O) groups excluding carboxylic acids is 3. The second-order valence-corrected chi connectivity index (χ2v) is 8.92. The van der Waals surface area contributed by atoms with Gasteiger partial charge in [0.25, 0.3) is 0 Å². The van der Waals surface area contributed by atoms with Gasteiger partial charge in [0, 0.05) is 5.75 Å². The Morgan fingerprint density at radius 2 is 1.53 bits per heavy atom. The van der Waals surface area contributed by atoms with Gasteiger partial charge in [0.15, 0.2) is 0 Å². The number of carboxylic acid groups (broad SMARTS) is 1. The molecule has 0 aliphatic heterocycles. The third-order valence-electron chi connectivity index (χ3n) is 4.85. The first-order valence-corrected chi connectivity index (χ1v) is 12.0. The van der Waals surface area contributed by atoms with Crippen molar-refractivity contribution in [3.05, 3.63) is 0 Å². The van der Waals surface area contributed by atoms with Gasteiger partial charge in [-0.1, -0.05) is 34.1 Å². The van der Waals surface area contributed by atoms with Crippen LogP contribution >= 0.6 is 24.4 Å². The van der Waals surface area contributed by atoms with Crippen molar-refractivity contribution in [2.75, 3.05) is 17.8 Å². The molecular formula is C19H36N4O5S2. The quantitative estimate of drug-likeness (QED) is 0.202. The molecule has 0 bridgehead atoms. The number of carboxylic acids is 1. The molecule has 0 heterocycles. The molecule has 0 aromatic rings.